The van der Waals surface area contributed by atoms with E-state index in [0.717, 1.165) is 38.5 Å². The molecular formula is C20H40N2O3. The van der Waals surface area contributed by atoms with Crippen molar-refractivity contribution in [2.75, 3.05) is 14.2 Å². The molecule has 2 saturated heterocycles. The molecule has 2 aliphatic heterocycles. The van der Waals surface area contributed by atoms with E-state index >= 15 is 0 Å². The Labute approximate surface area is 154 Å². The summed E-state index contributed by atoms with van der Waals surface area (Å²) in [7, 11) is 3.60. The Morgan fingerprint density at radius 2 is 1.44 bits per heavy atom. The van der Waals surface area contributed by atoms with E-state index < -0.39 is 0 Å². The first kappa shape index (κ1) is 21.1. The van der Waals surface area contributed by atoms with Crippen LogP contribution in [-0.4, -0.2) is 58.9 Å². The van der Waals surface area contributed by atoms with Gasteiger partial charge in [0.15, 0.2) is 0 Å². The molecule has 2 rings (SSSR count). The van der Waals surface area contributed by atoms with Gasteiger partial charge in [-0.05, 0) is 80.1 Å². The molecule has 0 aromatic carbocycles. The number of nitrogens with one attached hydrogen (secondary N) is 1. The molecule has 5 heteroatoms. The van der Waals surface area contributed by atoms with Crippen LogP contribution < -0.4 is 5.32 Å². The highest BCUT2D eigenvalue weighted by atomic mass is 16.5. The van der Waals surface area contributed by atoms with E-state index in [0.29, 0.717) is 0 Å². The summed E-state index contributed by atoms with van der Waals surface area (Å²) in [4.78, 5) is 0. The minimum atomic E-state index is -0.280. The van der Waals surface area contributed by atoms with E-state index in [1.165, 1.54) is 0 Å². The predicted octanol–water partition coefficient (Wildman–Crippen LogP) is 3.74. The number of hydrogen-bond donors (Lipinski definition) is 2. The third-order valence-corrected chi connectivity index (χ3v) is 6.42. The lowest BCUT2D eigenvalue weighted by molar-refractivity contribution is -0.267. The molecule has 148 valence electrons. The fraction of sp³-hybridized carbons (Fsp3) is 1.00. The topological polar surface area (TPSA) is 54.0 Å². The number of hydrogen-bond acceptors (Lipinski definition) is 5. The lowest BCUT2D eigenvalue weighted by Gasteiger charge is -2.54. The van der Waals surface area contributed by atoms with E-state index in [4.69, 9.17) is 9.47 Å². The van der Waals surface area contributed by atoms with Crippen molar-refractivity contribution >= 4 is 0 Å². The monoisotopic (exact) mass is 356 g/mol. The minimum Gasteiger partial charge on any atom is -0.381 e. The number of nitrogens with zero attached hydrogens (tertiary/aromatic N) is 1. The lowest BCUT2D eigenvalue weighted by Crippen LogP contribution is -2.64. The minimum absolute atomic E-state index is 0.0104. The average molecular weight is 357 g/mol. The van der Waals surface area contributed by atoms with Crippen LogP contribution in [0.5, 0.6) is 0 Å². The van der Waals surface area contributed by atoms with Crippen molar-refractivity contribution < 1.29 is 14.7 Å². The van der Waals surface area contributed by atoms with E-state index in [2.05, 4.69) is 46.9 Å². The van der Waals surface area contributed by atoms with Crippen LogP contribution in [0.4, 0.5) is 0 Å². The third-order valence-electron chi connectivity index (χ3n) is 6.42. The number of methoxy groups -OCH3 is 2. The number of hydroxylamine groups is 2. The van der Waals surface area contributed by atoms with Crippen molar-refractivity contribution in [3.05, 3.63) is 0 Å². The summed E-state index contributed by atoms with van der Waals surface area (Å²) < 4.78 is 11.4. The van der Waals surface area contributed by atoms with Gasteiger partial charge in [-0.15, -0.1) is 0 Å². The smallest absolute Gasteiger partial charge is 0.0608 e. The summed E-state index contributed by atoms with van der Waals surface area (Å²) in [6, 6.07) is 0. The van der Waals surface area contributed by atoms with Gasteiger partial charge in [-0.3, -0.25) is 0 Å². The molecule has 0 amide bonds. The van der Waals surface area contributed by atoms with Gasteiger partial charge >= 0.3 is 0 Å². The van der Waals surface area contributed by atoms with Gasteiger partial charge < -0.3 is 20.0 Å². The SMILES string of the molecule is COC1CC(C)(C)NC(C)(CCC2(C)CC(OC)CC(C)(C)N2O)C1. The van der Waals surface area contributed by atoms with E-state index in [1.54, 1.807) is 12.2 Å². The Bertz CT molecular complexity index is 468. The van der Waals surface area contributed by atoms with Gasteiger partial charge in [0.2, 0.25) is 0 Å². The standard InChI is InChI=1S/C20H40N2O3/c1-17(2)11-15(24-7)13-19(5,21-17)9-10-20(6)14-16(25-8)12-18(3,4)22(20)23/h15-16,21,23H,9-14H2,1-8H3. The Kier molecular flexibility index (Phi) is 5.98. The highest BCUT2D eigenvalue weighted by molar-refractivity contribution is 5.04. The van der Waals surface area contributed by atoms with E-state index in [-0.39, 0.29) is 34.4 Å². The largest absolute Gasteiger partial charge is 0.381 e. The second-order valence-corrected chi connectivity index (χ2v) is 10.2. The zero-order valence-corrected chi connectivity index (χ0v) is 17.6. The van der Waals surface area contributed by atoms with Crippen LogP contribution in [0.25, 0.3) is 0 Å². The highest BCUT2D eigenvalue weighted by Gasteiger charge is 2.49. The Hall–Kier alpha value is -0.200. The maximum atomic E-state index is 10.9. The fourth-order valence-corrected chi connectivity index (χ4v) is 5.34. The van der Waals surface area contributed by atoms with Gasteiger partial charge in [-0.2, -0.15) is 5.06 Å². The van der Waals surface area contributed by atoms with Crippen molar-refractivity contribution in [3.8, 4) is 0 Å². The van der Waals surface area contributed by atoms with Crippen molar-refractivity contribution in [3.63, 3.8) is 0 Å². The molecule has 2 heterocycles. The molecule has 2 N–H and O–H groups in total. The van der Waals surface area contributed by atoms with Gasteiger partial charge in [-0.25, -0.2) is 0 Å². The molecule has 25 heavy (non-hydrogen) atoms. The summed E-state index contributed by atoms with van der Waals surface area (Å²) in [6.45, 7) is 13.2. The third kappa shape index (κ3) is 4.75. The van der Waals surface area contributed by atoms with Crippen molar-refractivity contribution in [2.24, 2.45) is 0 Å². The van der Waals surface area contributed by atoms with E-state index in [9.17, 15) is 5.21 Å². The lowest BCUT2D eigenvalue weighted by atomic mass is 9.72. The predicted molar refractivity (Wildman–Crippen MR) is 101 cm³/mol. The molecule has 0 bridgehead atoms. The molecule has 4 unspecified atom stereocenters. The van der Waals surface area contributed by atoms with Crippen LogP contribution in [0.3, 0.4) is 0 Å². The fourth-order valence-electron chi connectivity index (χ4n) is 5.34. The van der Waals surface area contributed by atoms with Crippen LogP contribution in [0, 0.1) is 0 Å². The number of piperidine rings is 2. The molecule has 0 saturated carbocycles. The summed E-state index contributed by atoms with van der Waals surface area (Å²) >= 11 is 0. The molecule has 5 nitrogen and oxygen atoms in total. The molecule has 0 aromatic heterocycles. The Morgan fingerprint density at radius 1 is 0.880 bits per heavy atom. The molecule has 2 aliphatic rings. The highest BCUT2D eigenvalue weighted by Crippen LogP contribution is 2.43. The number of rotatable bonds is 5. The molecule has 4 atom stereocenters. The Balaban J connectivity index is 2.12. The van der Waals surface area contributed by atoms with Crippen LogP contribution in [0.1, 0.15) is 80.1 Å². The van der Waals surface area contributed by atoms with E-state index in [1.807, 2.05) is 7.11 Å². The molecule has 0 aromatic rings. The molecule has 0 spiro atoms. The summed E-state index contributed by atoms with van der Waals surface area (Å²) in [6.07, 6.45) is 6.14. The van der Waals surface area contributed by atoms with Gasteiger partial charge in [0.1, 0.15) is 0 Å². The van der Waals surface area contributed by atoms with Crippen LogP contribution in [-0.2, 0) is 9.47 Å². The second kappa shape index (κ2) is 7.08. The van der Waals surface area contributed by atoms with Crippen LogP contribution in [0.2, 0.25) is 0 Å². The van der Waals surface area contributed by atoms with Crippen molar-refractivity contribution in [2.45, 2.75) is 114 Å². The van der Waals surface area contributed by atoms with Gasteiger partial charge in [0.05, 0.1) is 12.2 Å². The molecule has 2 fully saturated rings. The van der Waals surface area contributed by atoms with Crippen LogP contribution >= 0.6 is 0 Å². The van der Waals surface area contributed by atoms with Crippen molar-refractivity contribution in [1.82, 2.24) is 10.4 Å². The molecular weight excluding hydrogens is 316 g/mol. The quantitative estimate of drug-likeness (QED) is 0.786. The maximum absolute atomic E-state index is 10.9. The van der Waals surface area contributed by atoms with Gasteiger partial charge in [-0.1, -0.05) is 0 Å². The first-order valence-electron chi connectivity index (χ1n) is 9.69. The average Bonchev–Trinajstić information content (AvgIpc) is 2.48. The zero-order chi connectivity index (χ0) is 19.1. The normalized spacial score (nSPS) is 41.6. The molecule has 0 aliphatic carbocycles. The number of ether oxygens (including phenoxy) is 2. The summed E-state index contributed by atoms with van der Waals surface area (Å²) in [5, 5.41) is 16.4. The summed E-state index contributed by atoms with van der Waals surface area (Å²) in [5.41, 5.74) is -0.481. The second-order valence-electron chi connectivity index (χ2n) is 10.2. The first-order valence-corrected chi connectivity index (χ1v) is 9.69. The first-order chi connectivity index (χ1) is 11.3. The maximum Gasteiger partial charge on any atom is 0.0608 e. The van der Waals surface area contributed by atoms with Crippen LogP contribution in [0.15, 0.2) is 0 Å². The van der Waals surface area contributed by atoms with Crippen molar-refractivity contribution in [1.29, 1.82) is 0 Å². The zero-order valence-electron chi connectivity index (χ0n) is 17.6. The summed E-state index contributed by atoms with van der Waals surface area (Å²) in [5.74, 6) is 0. The Morgan fingerprint density at radius 3 is 2.00 bits per heavy atom. The van der Waals surface area contributed by atoms with Gasteiger partial charge in [0.25, 0.3) is 0 Å². The van der Waals surface area contributed by atoms with Gasteiger partial charge in [0, 0.05) is 36.4 Å². The molecule has 0 radical (unpaired) electrons.